The molecule has 0 amide bonds. The minimum absolute atomic E-state index is 0.133. The summed E-state index contributed by atoms with van der Waals surface area (Å²) in [6.45, 7) is 0. The second-order valence-corrected chi connectivity index (χ2v) is 5.08. The molecule has 0 spiro atoms. The molecule has 2 N–H and O–H groups in total. The van der Waals surface area contributed by atoms with E-state index in [0.717, 1.165) is 11.6 Å². The molecule has 3 heterocycles. The molecule has 106 valence electrons. The van der Waals surface area contributed by atoms with E-state index in [1.807, 2.05) is 16.8 Å². The molecule has 0 aliphatic rings. The topological polar surface area (TPSA) is 92.0 Å². The summed E-state index contributed by atoms with van der Waals surface area (Å²) < 4.78 is 5.49. The first-order valence-electron chi connectivity index (χ1n) is 6.13. The highest BCUT2D eigenvalue weighted by atomic mass is 32.1. The van der Waals surface area contributed by atoms with E-state index in [0.29, 0.717) is 12.2 Å². The SMILES string of the molecule is O=C(/C=C(\O)c1ncn[nH]1)c1ccc(Cc2ccsc2)o1. The lowest BCUT2D eigenvalue weighted by molar-refractivity contribution is 0.101. The van der Waals surface area contributed by atoms with Crippen molar-refractivity contribution in [1.82, 2.24) is 15.2 Å². The van der Waals surface area contributed by atoms with Gasteiger partial charge in [-0.15, -0.1) is 0 Å². The van der Waals surface area contributed by atoms with Crippen LogP contribution in [0.5, 0.6) is 0 Å². The number of rotatable bonds is 5. The molecule has 0 unspecified atom stereocenters. The van der Waals surface area contributed by atoms with E-state index in [1.165, 1.54) is 6.33 Å². The molecule has 0 radical (unpaired) electrons. The summed E-state index contributed by atoms with van der Waals surface area (Å²) in [6, 6.07) is 5.35. The first-order valence-corrected chi connectivity index (χ1v) is 7.07. The van der Waals surface area contributed by atoms with Gasteiger partial charge in [-0.1, -0.05) is 0 Å². The Morgan fingerprint density at radius 2 is 2.33 bits per heavy atom. The van der Waals surface area contributed by atoms with Gasteiger partial charge in [0.25, 0.3) is 0 Å². The van der Waals surface area contributed by atoms with Crippen molar-refractivity contribution in [2.45, 2.75) is 6.42 Å². The van der Waals surface area contributed by atoms with Gasteiger partial charge in [0.2, 0.25) is 5.78 Å². The van der Waals surface area contributed by atoms with E-state index in [4.69, 9.17) is 4.42 Å². The lowest BCUT2D eigenvalue weighted by Crippen LogP contribution is -1.96. The number of allylic oxidation sites excluding steroid dienone is 1. The number of nitrogens with zero attached hydrogens (tertiary/aromatic N) is 2. The number of aromatic nitrogens is 3. The number of ketones is 1. The van der Waals surface area contributed by atoms with Gasteiger partial charge in [-0.25, -0.2) is 4.98 Å². The Labute approximate surface area is 123 Å². The van der Waals surface area contributed by atoms with E-state index < -0.39 is 5.78 Å². The smallest absolute Gasteiger partial charge is 0.224 e. The summed E-state index contributed by atoms with van der Waals surface area (Å²) in [7, 11) is 0. The fourth-order valence-electron chi connectivity index (χ4n) is 1.79. The van der Waals surface area contributed by atoms with Crippen molar-refractivity contribution in [2.24, 2.45) is 0 Å². The summed E-state index contributed by atoms with van der Waals surface area (Å²) in [5.74, 6) is 0.290. The number of carbonyl (C=O) groups excluding carboxylic acids is 1. The third kappa shape index (κ3) is 3.09. The first kappa shape index (κ1) is 13.3. The van der Waals surface area contributed by atoms with Gasteiger partial charge in [0, 0.05) is 12.5 Å². The van der Waals surface area contributed by atoms with E-state index in [9.17, 15) is 9.90 Å². The Hall–Kier alpha value is -2.67. The first-order chi connectivity index (χ1) is 10.2. The Morgan fingerprint density at radius 1 is 1.43 bits per heavy atom. The minimum Gasteiger partial charge on any atom is -0.504 e. The second-order valence-electron chi connectivity index (χ2n) is 4.30. The van der Waals surface area contributed by atoms with Gasteiger partial charge in [-0.3, -0.25) is 9.89 Å². The maximum atomic E-state index is 12.0. The summed E-state index contributed by atoms with van der Waals surface area (Å²) in [5, 5.41) is 19.8. The van der Waals surface area contributed by atoms with Gasteiger partial charge in [-0.05, 0) is 34.5 Å². The van der Waals surface area contributed by atoms with Crippen molar-refractivity contribution in [1.29, 1.82) is 0 Å². The predicted octanol–water partition coefficient (Wildman–Crippen LogP) is 2.83. The largest absolute Gasteiger partial charge is 0.504 e. The summed E-state index contributed by atoms with van der Waals surface area (Å²) in [5.41, 5.74) is 1.13. The van der Waals surface area contributed by atoms with Crippen molar-refractivity contribution in [3.8, 4) is 0 Å². The van der Waals surface area contributed by atoms with Crippen molar-refractivity contribution in [3.63, 3.8) is 0 Å². The molecule has 0 saturated heterocycles. The minimum atomic E-state index is -0.430. The highest BCUT2D eigenvalue weighted by Crippen LogP contribution is 2.17. The molecular weight excluding hydrogens is 290 g/mol. The normalized spacial score (nSPS) is 11.7. The lowest BCUT2D eigenvalue weighted by Gasteiger charge is -1.95. The van der Waals surface area contributed by atoms with Crippen LogP contribution in [0.15, 0.2) is 45.8 Å². The lowest BCUT2D eigenvalue weighted by atomic mass is 10.2. The van der Waals surface area contributed by atoms with Crippen LogP contribution in [0.25, 0.3) is 5.76 Å². The monoisotopic (exact) mass is 301 g/mol. The number of nitrogens with one attached hydrogen (secondary N) is 1. The van der Waals surface area contributed by atoms with Gasteiger partial charge >= 0.3 is 0 Å². The predicted molar refractivity (Wildman–Crippen MR) is 77.2 cm³/mol. The zero-order valence-electron chi connectivity index (χ0n) is 10.8. The molecule has 21 heavy (non-hydrogen) atoms. The van der Waals surface area contributed by atoms with Crippen LogP contribution in [0.4, 0.5) is 0 Å². The zero-order chi connectivity index (χ0) is 14.7. The van der Waals surface area contributed by atoms with Crippen LogP contribution in [0.1, 0.15) is 27.7 Å². The second kappa shape index (κ2) is 5.76. The highest BCUT2D eigenvalue weighted by Gasteiger charge is 2.12. The van der Waals surface area contributed by atoms with Gasteiger partial charge in [0.15, 0.2) is 17.3 Å². The van der Waals surface area contributed by atoms with Gasteiger partial charge in [0.1, 0.15) is 12.1 Å². The van der Waals surface area contributed by atoms with Crippen LogP contribution in [-0.4, -0.2) is 26.1 Å². The van der Waals surface area contributed by atoms with Crippen molar-refractivity contribution < 1.29 is 14.3 Å². The number of hydrogen-bond acceptors (Lipinski definition) is 6. The Bertz CT molecular complexity index is 757. The number of thiophene rings is 1. The quantitative estimate of drug-likeness (QED) is 0.429. The fraction of sp³-hybridized carbons (Fsp3) is 0.0714. The summed E-state index contributed by atoms with van der Waals surface area (Å²) in [6.07, 6.45) is 2.93. The number of carbonyl (C=O) groups is 1. The summed E-state index contributed by atoms with van der Waals surface area (Å²) >= 11 is 1.61. The van der Waals surface area contributed by atoms with Gasteiger partial charge < -0.3 is 9.52 Å². The molecule has 3 rings (SSSR count). The van der Waals surface area contributed by atoms with Crippen molar-refractivity contribution in [2.75, 3.05) is 0 Å². The van der Waals surface area contributed by atoms with Crippen LogP contribution >= 0.6 is 11.3 Å². The molecule has 0 saturated carbocycles. The van der Waals surface area contributed by atoms with Crippen molar-refractivity contribution >= 4 is 22.9 Å². The summed E-state index contributed by atoms with van der Waals surface area (Å²) in [4.78, 5) is 15.7. The number of aromatic amines is 1. The number of H-pyrrole nitrogens is 1. The van der Waals surface area contributed by atoms with Crippen LogP contribution in [0, 0.1) is 0 Å². The molecule has 7 heteroatoms. The molecule has 6 nitrogen and oxygen atoms in total. The van der Waals surface area contributed by atoms with Crippen LogP contribution < -0.4 is 0 Å². The third-order valence-electron chi connectivity index (χ3n) is 2.79. The Morgan fingerprint density at radius 3 is 3.05 bits per heavy atom. The zero-order valence-corrected chi connectivity index (χ0v) is 11.6. The number of aliphatic hydroxyl groups is 1. The van der Waals surface area contributed by atoms with Gasteiger partial charge in [0.05, 0.1) is 0 Å². The molecule has 0 aliphatic carbocycles. The fourth-order valence-corrected chi connectivity index (χ4v) is 2.46. The standard InChI is InChI=1S/C14H11N3O3S/c18-11(6-12(19)14-15-8-16-17-14)13-2-1-10(20-13)5-9-3-4-21-7-9/h1-4,6-8,19H,5H2,(H,15,16,17)/b12-6-. The average molecular weight is 301 g/mol. The van der Waals surface area contributed by atoms with E-state index >= 15 is 0 Å². The average Bonchev–Trinajstić information content (AvgIpc) is 3.22. The van der Waals surface area contributed by atoms with Crippen molar-refractivity contribution in [3.05, 3.63) is 64.3 Å². The molecule has 0 bridgehead atoms. The number of hydrogen-bond donors (Lipinski definition) is 2. The van der Waals surface area contributed by atoms with Crippen LogP contribution in [-0.2, 0) is 6.42 Å². The Balaban J connectivity index is 1.74. The van der Waals surface area contributed by atoms with Crippen LogP contribution in [0.2, 0.25) is 0 Å². The van der Waals surface area contributed by atoms with E-state index in [2.05, 4.69) is 15.2 Å². The van der Waals surface area contributed by atoms with E-state index in [-0.39, 0.29) is 17.3 Å². The maximum Gasteiger partial charge on any atom is 0.224 e. The molecule has 0 fully saturated rings. The highest BCUT2D eigenvalue weighted by molar-refractivity contribution is 7.07. The van der Waals surface area contributed by atoms with E-state index in [1.54, 1.807) is 23.5 Å². The molecule has 3 aromatic heterocycles. The molecule has 0 aliphatic heterocycles. The number of furan rings is 1. The molecule has 0 aromatic carbocycles. The third-order valence-corrected chi connectivity index (χ3v) is 3.52. The molecular formula is C14H11N3O3S. The molecule has 0 atom stereocenters. The Kier molecular flexibility index (Phi) is 3.65. The number of aliphatic hydroxyl groups excluding tert-OH is 1. The molecule has 3 aromatic rings. The van der Waals surface area contributed by atoms with Gasteiger partial charge in [-0.2, -0.15) is 16.4 Å². The van der Waals surface area contributed by atoms with Crippen LogP contribution in [0.3, 0.4) is 0 Å². The maximum absolute atomic E-state index is 12.0.